The highest BCUT2D eigenvalue weighted by Crippen LogP contribution is 2.77. The van der Waals surface area contributed by atoms with Gasteiger partial charge in [0, 0.05) is 10.0 Å². The van der Waals surface area contributed by atoms with Gasteiger partial charge in [0.2, 0.25) is 0 Å². The number of hydrogen-bond donors (Lipinski definition) is 3. The molecule has 132 valence electrons. The van der Waals surface area contributed by atoms with E-state index >= 15 is 0 Å². The summed E-state index contributed by atoms with van der Waals surface area (Å²) in [4.78, 5) is 20.5. The van der Waals surface area contributed by atoms with E-state index in [2.05, 4.69) is 15.9 Å². The molecule has 1 aromatic carbocycles. The van der Waals surface area contributed by atoms with Crippen LogP contribution in [0.15, 0.2) is 28.7 Å². The minimum Gasteiger partial charge on any atom is -0.364 e. The molecule has 10 heteroatoms. The van der Waals surface area contributed by atoms with E-state index < -0.39 is 32.5 Å². The summed E-state index contributed by atoms with van der Waals surface area (Å²) in [5.74, 6) is 0. The summed E-state index contributed by atoms with van der Waals surface area (Å²) in [5.41, 5.74) is -0.251. The standard InChI is InChI=1S/C13H21BrO7P2/c1-9(2)20-22(16,17)13(15,23(18,19)21-10(3)4)11-5-7-12(14)8-6-11/h5-10,15H,1-4H3,(H,16,17)(H,18,19). The molecule has 1 aromatic rings. The number of aliphatic hydroxyl groups is 1. The lowest BCUT2D eigenvalue weighted by atomic mass is 10.2. The van der Waals surface area contributed by atoms with Crippen LogP contribution in [0, 0.1) is 0 Å². The molecule has 0 saturated heterocycles. The van der Waals surface area contributed by atoms with Gasteiger partial charge in [-0.15, -0.1) is 0 Å². The minimum atomic E-state index is -4.98. The summed E-state index contributed by atoms with van der Waals surface area (Å²) in [5, 5.41) is 7.73. The van der Waals surface area contributed by atoms with Crippen molar-refractivity contribution in [1.29, 1.82) is 0 Å². The Kier molecular flexibility index (Phi) is 6.81. The lowest BCUT2D eigenvalue weighted by Crippen LogP contribution is -2.30. The quantitative estimate of drug-likeness (QED) is 0.564. The highest BCUT2D eigenvalue weighted by atomic mass is 79.9. The molecule has 7 nitrogen and oxygen atoms in total. The van der Waals surface area contributed by atoms with Crippen LogP contribution in [-0.4, -0.2) is 27.1 Å². The fraction of sp³-hybridized carbons (Fsp3) is 0.538. The van der Waals surface area contributed by atoms with Gasteiger partial charge in [-0.2, -0.15) is 0 Å². The minimum absolute atomic E-state index is 0.251. The van der Waals surface area contributed by atoms with Crippen molar-refractivity contribution < 1.29 is 33.1 Å². The van der Waals surface area contributed by atoms with Crippen LogP contribution >= 0.6 is 31.1 Å². The van der Waals surface area contributed by atoms with E-state index in [0.29, 0.717) is 4.47 Å². The zero-order valence-corrected chi connectivity index (χ0v) is 16.6. The van der Waals surface area contributed by atoms with Crippen molar-refractivity contribution in [3.05, 3.63) is 34.3 Å². The monoisotopic (exact) mass is 430 g/mol. The normalized spacial score (nSPS) is 20.1. The predicted molar refractivity (Wildman–Crippen MR) is 90.1 cm³/mol. The van der Waals surface area contributed by atoms with Crippen LogP contribution in [0.3, 0.4) is 0 Å². The Labute approximate surface area is 143 Å². The average Bonchev–Trinajstić information content (AvgIpc) is 2.35. The third-order valence-corrected chi connectivity index (χ3v) is 8.28. The van der Waals surface area contributed by atoms with E-state index in [4.69, 9.17) is 9.05 Å². The molecular formula is C13H21BrO7P2. The smallest absolute Gasteiger partial charge is 0.364 e. The Hall–Kier alpha value is -0.0400. The van der Waals surface area contributed by atoms with Gasteiger partial charge >= 0.3 is 15.2 Å². The first-order valence-corrected chi connectivity index (χ1v) is 10.8. The largest absolute Gasteiger partial charge is 0.377 e. The fourth-order valence-corrected chi connectivity index (χ4v) is 6.09. The van der Waals surface area contributed by atoms with Crippen molar-refractivity contribution in [2.45, 2.75) is 45.0 Å². The van der Waals surface area contributed by atoms with Crippen molar-refractivity contribution in [2.24, 2.45) is 0 Å². The summed E-state index contributed by atoms with van der Waals surface area (Å²) in [7, 11) is -9.97. The van der Waals surface area contributed by atoms with Gasteiger partial charge in [0.1, 0.15) is 0 Å². The lowest BCUT2D eigenvalue weighted by molar-refractivity contribution is 0.0833. The predicted octanol–water partition coefficient (Wildman–Crippen LogP) is 3.77. The first-order chi connectivity index (χ1) is 10.3. The van der Waals surface area contributed by atoms with Crippen molar-refractivity contribution in [1.82, 2.24) is 0 Å². The molecule has 0 radical (unpaired) electrons. The van der Waals surface area contributed by atoms with Crippen LogP contribution in [0.1, 0.15) is 33.3 Å². The molecule has 0 saturated carbocycles. The summed E-state index contributed by atoms with van der Waals surface area (Å²) >= 11 is 3.19. The van der Waals surface area contributed by atoms with Crippen LogP contribution in [0.2, 0.25) is 0 Å². The number of hydrogen-bond acceptors (Lipinski definition) is 5. The van der Waals surface area contributed by atoms with Crippen molar-refractivity contribution in [3.63, 3.8) is 0 Å². The third kappa shape index (κ3) is 4.53. The van der Waals surface area contributed by atoms with Gasteiger partial charge in [-0.25, -0.2) is 0 Å². The molecular weight excluding hydrogens is 410 g/mol. The first kappa shape index (κ1) is 21.0. The van der Waals surface area contributed by atoms with Gasteiger partial charge < -0.3 is 23.9 Å². The maximum Gasteiger partial charge on any atom is 0.377 e. The molecule has 0 aliphatic rings. The summed E-state index contributed by atoms with van der Waals surface area (Å²) < 4.78 is 35.6. The Morgan fingerprint density at radius 1 is 0.957 bits per heavy atom. The van der Waals surface area contributed by atoms with Crippen LogP contribution in [0.5, 0.6) is 0 Å². The Bertz CT molecular complexity index is 600. The molecule has 2 atom stereocenters. The molecule has 0 aromatic heterocycles. The highest BCUT2D eigenvalue weighted by molar-refractivity contribution is 9.10. The number of rotatable bonds is 7. The van der Waals surface area contributed by atoms with Gasteiger partial charge in [0.15, 0.2) is 0 Å². The zero-order chi connectivity index (χ0) is 18.1. The second-order valence-corrected chi connectivity index (χ2v) is 10.6. The van der Waals surface area contributed by atoms with E-state index in [-0.39, 0.29) is 5.56 Å². The van der Waals surface area contributed by atoms with E-state index in [9.17, 15) is 24.0 Å². The van der Waals surface area contributed by atoms with Gasteiger partial charge in [-0.3, -0.25) is 9.13 Å². The first-order valence-electron chi connectivity index (χ1n) is 6.84. The number of benzene rings is 1. The van der Waals surface area contributed by atoms with Crippen molar-refractivity contribution >= 4 is 31.1 Å². The summed E-state index contributed by atoms with van der Waals surface area (Å²) in [6.45, 7) is 5.87. The molecule has 0 aliphatic heterocycles. The fourth-order valence-electron chi connectivity index (χ4n) is 1.88. The van der Waals surface area contributed by atoms with Crippen LogP contribution in [0.25, 0.3) is 0 Å². The molecule has 3 N–H and O–H groups in total. The van der Waals surface area contributed by atoms with Gasteiger partial charge in [0.05, 0.1) is 12.2 Å². The Morgan fingerprint density at radius 3 is 1.61 bits per heavy atom. The molecule has 0 spiro atoms. The third-order valence-electron chi connectivity index (χ3n) is 2.73. The molecule has 2 unspecified atom stereocenters. The molecule has 0 fully saturated rings. The van der Waals surface area contributed by atoms with Crippen LogP contribution in [-0.2, 0) is 23.3 Å². The molecule has 0 heterocycles. The van der Waals surface area contributed by atoms with Crippen LogP contribution < -0.4 is 0 Å². The lowest BCUT2D eigenvalue weighted by Gasteiger charge is -2.35. The molecule has 0 bridgehead atoms. The van der Waals surface area contributed by atoms with E-state index in [1.807, 2.05) is 0 Å². The zero-order valence-electron chi connectivity index (χ0n) is 13.2. The Morgan fingerprint density at radius 2 is 1.30 bits per heavy atom. The van der Waals surface area contributed by atoms with Crippen molar-refractivity contribution in [3.8, 4) is 0 Å². The van der Waals surface area contributed by atoms with E-state index in [0.717, 1.165) is 0 Å². The van der Waals surface area contributed by atoms with Gasteiger partial charge in [-0.05, 0) is 39.8 Å². The summed E-state index contributed by atoms with van der Waals surface area (Å²) in [6, 6.07) is 5.43. The molecule has 0 aliphatic carbocycles. The highest BCUT2D eigenvalue weighted by Gasteiger charge is 2.64. The van der Waals surface area contributed by atoms with Gasteiger partial charge in [0.25, 0.3) is 5.08 Å². The molecule has 23 heavy (non-hydrogen) atoms. The average molecular weight is 431 g/mol. The topological polar surface area (TPSA) is 113 Å². The molecule has 0 amide bonds. The van der Waals surface area contributed by atoms with E-state index in [1.165, 1.54) is 52.0 Å². The van der Waals surface area contributed by atoms with Crippen LogP contribution in [0.4, 0.5) is 0 Å². The second kappa shape index (κ2) is 7.46. The van der Waals surface area contributed by atoms with Gasteiger partial charge in [-0.1, -0.05) is 28.1 Å². The van der Waals surface area contributed by atoms with Crippen molar-refractivity contribution in [2.75, 3.05) is 0 Å². The number of halogens is 1. The summed E-state index contributed by atoms with van der Waals surface area (Å²) in [6.07, 6.45) is -1.52. The Balaban J connectivity index is 3.57. The SMILES string of the molecule is CC(C)OP(=O)(O)C(O)(c1ccc(Br)cc1)P(=O)(O)OC(C)C. The van der Waals surface area contributed by atoms with E-state index in [1.54, 1.807) is 0 Å². The molecule has 1 rings (SSSR count). The maximum atomic E-state index is 12.6. The maximum absolute atomic E-state index is 12.6. The second-order valence-electron chi connectivity index (χ2n) is 5.49.